The van der Waals surface area contributed by atoms with Crippen LogP contribution in [0.3, 0.4) is 0 Å². The maximum atomic E-state index is 13.2. The van der Waals surface area contributed by atoms with Crippen molar-refractivity contribution in [3.8, 4) is 0 Å². The van der Waals surface area contributed by atoms with Crippen molar-refractivity contribution in [2.75, 3.05) is 6.54 Å². The number of aliphatic hydroxyl groups excluding tert-OH is 1. The van der Waals surface area contributed by atoms with E-state index in [4.69, 9.17) is 0 Å². The van der Waals surface area contributed by atoms with E-state index in [1.54, 1.807) is 12.1 Å². The van der Waals surface area contributed by atoms with E-state index in [1.807, 2.05) is 90.1 Å². The minimum atomic E-state index is -1.41. The number of nitrogens with one attached hydrogen (secondary N) is 2. The molecule has 0 bridgehead atoms. The van der Waals surface area contributed by atoms with Gasteiger partial charge in [-0.05, 0) is 43.7 Å². The highest BCUT2D eigenvalue weighted by Gasteiger charge is 2.35. The van der Waals surface area contributed by atoms with Crippen molar-refractivity contribution in [3.63, 3.8) is 0 Å². The minimum Gasteiger partial charge on any atom is -0.530 e. The molecule has 0 heterocycles. The molecule has 0 aliphatic carbocycles. The molecule has 0 saturated heterocycles. The Morgan fingerprint density at radius 3 is 1.89 bits per heavy atom. The fourth-order valence-corrected chi connectivity index (χ4v) is 4.32. The summed E-state index contributed by atoms with van der Waals surface area (Å²) < 4.78 is 0. The van der Waals surface area contributed by atoms with Gasteiger partial charge in [-0.3, -0.25) is 9.59 Å². The Bertz CT molecular complexity index is 1050. The number of rotatable bonds is 11. The number of aliphatic hydroxyl groups is 1. The summed E-state index contributed by atoms with van der Waals surface area (Å²) in [5.74, 6) is -1.26. The molecule has 3 atom stereocenters. The van der Waals surface area contributed by atoms with E-state index in [2.05, 4.69) is 10.6 Å². The van der Waals surface area contributed by atoms with Gasteiger partial charge in [-0.1, -0.05) is 81.4 Å². The molecular weight excluding hydrogens is 482 g/mol. The van der Waals surface area contributed by atoms with Crippen LogP contribution in [0, 0.1) is 11.3 Å². The normalized spacial score (nSPS) is 14.2. The van der Waals surface area contributed by atoms with Gasteiger partial charge in [0.15, 0.2) is 0 Å². The van der Waals surface area contributed by atoms with Gasteiger partial charge in [-0.15, -0.1) is 0 Å². The lowest BCUT2D eigenvalue weighted by Gasteiger charge is -2.37. The standard InChI is InChI=1S/C30H43N3O5/c1-29(2,3)23(18-26(35)32-30(4,5)6)27(36)31-19-25(34)24(17-21-13-9-7-10-14-21)33(28(37)38)20-22-15-11-8-12-16-22/h7-16,23-25,34H,17-20H2,1-6H3,(H,31,36)(H,32,35)(H,37,38)/p-1/t23-,24-,25+/m0/s1. The maximum absolute atomic E-state index is 13.2. The molecule has 0 aliphatic rings. The Labute approximate surface area is 226 Å². The number of carbonyl (C=O) groups excluding carboxylic acids is 3. The van der Waals surface area contributed by atoms with Crippen LogP contribution in [0.25, 0.3) is 0 Å². The van der Waals surface area contributed by atoms with E-state index >= 15 is 0 Å². The van der Waals surface area contributed by atoms with Gasteiger partial charge in [0.1, 0.15) is 6.09 Å². The lowest BCUT2D eigenvalue weighted by Crippen LogP contribution is -2.55. The van der Waals surface area contributed by atoms with Gasteiger partial charge >= 0.3 is 0 Å². The first-order chi connectivity index (χ1) is 17.7. The Morgan fingerprint density at radius 2 is 1.42 bits per heavy atom. The van der Waals surface area contributed by atoms with Gasteiger partial charge in [0.25, 0.3) is 0 Å². The molecule has 0 saturated carbocycles. The number of hydrogen-bond donors (Lipinski definition) is 3. The van der Waals surface area contributed by atoms with E-state index in [9.17, 15) is 24.6 Å². The molecule has 2 rings (SSSR count). The highest BCUT2D eigenvalue weighted by atomic mass is 16.4. The summed E-state index contributed by atoms with van der Waals surface area (Å²) in [5, 5.41) is 29.1. The second-order valence-electron chi connectivity index (χ2n) is 11.9. The molecule has 8 heteroatoms. The van der Waals surface area contributed by atoms with E-state index in [0.717, 1.165) is 16.0 Å². The molecular formula is C30H42N3O5-. The van der Waals surface area contributed by atoms with Crippen molar-refractivity contribution >= 4 is 17.9 Å². The lowest BCUT2D eigenvalue weighted by atomic mass is 9.77. The van der Waals surface area contributed by atoms with E-state index in [0.29, 0.717) is 0 Å². The van der Waals surface area contributed by atoms with Gasteiger partial charge in [0.2, 0.25) is 11.8 Å². The van der Waals surface area contributed by atoms with Gasteiger partial charge in [-0.2, -0.15) is 0 Å². The van der Waals surface area contributed by atoms with Crippen LogP contribution >= 0.6 is 0 Å². The Balaban J connectivity index is 2.22. The van der Waals surface area contributed by atoms with Crippen molar-refractivity contribution < 1.29 is 24.6 Å². The highest BCUT2D eigenvalue weighted by Crippen LogP contribution is 2.29. The number of benzene rings is 2. The fraction of sp³-hybridized carbons (Fsp3) is 0.500. The monoisotopic (exact) mass is 524 g/mol. The van der Waals surface area contributed by atoms with Crippen molar-refractivity contribution in [1.82, 2.24) is 15.5 Å². The SMILES string of the molecule is CC(C)(C)NC(=O)C[C@@H](C(=O)NC[C@@H](O)[C@H](Cc1ccccc1)N(Cc1ccccc1)C(=O)[O-])C(C)(C)C. The number of hydrogen-bond acceptors (Lipinski definition) is 5. The second-order valence-corrected chi connectivity index (χ2v) is 11.9. The average Bonchev–Trinajstić information content (AvgIpc) is 2.82. The number of nitrogens with zero attached hydrogens (tertiary/aromatic N) is 1. The van der Waals surface area contributed by atoms with Gasteiger partial charge < -0.3 is 30.5 Å². The highest BCUT2D eigenvalue weighted by molar-refractivity contribution is 5.86. The van der Waals surface area contributed by atoms with E-state index in [1.165, 1.54) is 0 Å². The van der Waals surface area contributed by atoms with E-state index < -0.39 is 35.1 Å². The third-order valence-electron chi connectivity index (χ3n) is 6.31. The minimum absolute atomic E-state index is 0.00464. The van der Waals surface area contributed by atoms with Crippen LogP contribution in [0.2, 0.25) is 0 Å². The van der Waals surface area contributed by atoms with Gasteiger partial charge in [-0.25, -0.2) is 0 Å². The molecule has 0 radical (unpaired) electrons. The third kappa shape index (κ3) is 10.2. The van der Waals surface area contributed by atoms with E-state index in [-0.39, 0.29) is 37.7 Å². The molecule has 208 valence electrons. The molecule has 0 spiro atoms. The first-order valence-corrected chi connectivity index (χ1v) is 13.0. The maximum Gasteiger partial charge on any atom is 0.224 e. The molecule has 0 aromatic heterocycles. The average molecular weight is 525 g/mol. The van der Waals surface area contributed by atoms with Crippen LogP contribution in [0.15, 0.2) is 60.7 Å². The zero-order valence-electron chi connectivity index (χ0n) is 23.4. The summed E-state index contributed by atoms with van der Waals surface area (Å²) in [6.45, 7) is 11.1. The number of amides is 3. The summed E-state index contributed by atoms with van der Waals surface area (Å²) in [7, 11) is 0. The smallest absolute Gasteiger partial charge is 0.224 e. The van der Waals surface area contributed by atoms with Crippen molar-refractivity contribution in [2.45, 2.75) is 78.6 Å². The summed E-state index contributed by atoms with van der Waals surface area (Å²) >= 11 is 0. The van der Waals surface area contributed by atoms with Crippen LogP contribution in [-0.2, 0) is 22.6 Å². The van der Waals surface area contributed by atoms with Gasteiger partial charge in [0.05, 0.1) is 18.1 Å². The van der Waals surface area contributed by atoms with Crippen molar-refractivity contribution in [2.24, 2.45) is 11.3 Å². The van der Waals surface area contributed by atoms with Gasteiger partial charge in [0, 0.05) is 25.0 Å². The lowest BCUT2D eigenvalue weighted by molar-refractivity contribution is -0.270. The van der Waals surface area contributed by atoms with Crippen molar-refractivity contribution in [3.05, 3.63) is 71.8 Å². The first kappa shape index (κ1) is 30.8. The van der Waals surface area contributed by atoms with Crippen LogP contribution < -0.4 is 15.7 Å². The third-order valence-corrected chi connectivity index (χ3v) is 6.31. The number of carboxylic acid groups (broad SMARTS) is 1. The fourth-order valence-electron chi connectivity index (χ4n) is 4.32. The summed E-state index contributed by atoms with van der Waals surface area (Å²) in [6.07, 6.45) is -2.40. The molecule has 38 heavy (non-hydrogen) atoms. The molecule has 8 nitrogen and oxygen atoms in total. The second kappa shape index (κ2) is 13.4. The molecule has 3 amide bonds. The summed E-state index contributed by atoms with van der Waals surface area (Å²) in [4.78, 5) is 39.1. The Kier molecular flexibility index (Phi) is 10.9. The number of carbonyl (C=O) groups is 3. The summed E-state index contributed by atoms with van der Waals surface area (Å²) in [5.41, 5.74) is 0.652. The Morgan fingerprint density at radius 1 is 0.895 bits per heavy atom. The molecule has 2 aromatic carbocycles. The predicted octanol–water partition coefficient (Wildman–Crippen LogP) is 2.89. The zero-order valence-corrected chi connectivity index (χ0v) is 23.4. The quantitative estimate of drug-likeness (QED) is 0.417. The van der Waals surface area contributed by atoms with Crippen LogP contribution in [-0.4, -0.2) is 52.1 Å². The molecule has 0 aliphatic heterocycles. The molecule has 0 fully saturated rings. The topological polar surface area (TPSA) is 122 Å². The van der Waals surface area contributed by atoms with Crippen LogP contribution in [0.4, 0.5) is 4.79 Å². The molecule has 3 N–H and O–H groups in total. The largest absolute Gasteiger partial charge is 0.530 e. The molecule has 2 aromatic rings. The van der Waals surface area contributed by atoms with Crippen LogP contribution in [0.5, 0.6) is 0 Å². The first-order valence-electron chi connectivity index (χ1n) is 13.0. The van der Waals surface area contributed by atoms with Crippen LogP contribution in [0.1, 0.15) is 59.1 Å². The predicted molar refractivity (Wildman–Crippen MR) is 146 cm³/mol. The Hall–Kier alpha value is -3.39. The zero-order chi connectivity index (χ0) is 28.5. The molecule has 0 unspecified atom stereocenters. The summed E-state index contributed by atoms with van der Waals surface area (Å²) in [6, 6.07) is 17.5. The van der Waals surface area contributed by atoms with Crippen molar-refractivity contribution in [1.29, 1.82) is 0 Å².